The molecule has 3 aromatic rings. The summed E-state index contributed by atoms with van der Waals surface area (Å²) in [6, 6.07) is 14.0. The normalized spacial score (nSPS) is 10.1. The quantitative estimate of drug-likeness (QED) is 0.349. The van der Waals surface area contributed by atoms with E-state index in [0.29, 0.717) is 17.2 Å². The zero-order chi connectivity index (χ0) is 22.2. The fraction of sp³-hybridized carbons (Fsp3) is 0.150. The first-order chi connectivity index (χ1) is 15.0. The van der Waals surface area contributed by atoms with Gasteiger partial charge in [0.2, 0.25) is 17.5 Å². The third-order valence-corrected chi connectivity index (χ3v) is 4.19. The van der Waals surface area contributed by atoms with Gasteiger partial charge in [0.25, 0.3) is 0 Å². The highest BCUT2D eigenvalue weighted by atomic mass is 16.6. The van der Waals surface area contributed by atoms with E-state index in [1.807, 2.05) is 18.2 Å². The summed E-state index contributed by atoms with van der Waals surface area (Å²) in [7, 11) is 2.98. The number of amides is 1. The highest BCUT2D eigenvalue weighted by Crippen LogP contribution is 2.35. The van der Waals surface area contributed by atoms with E-state index in [1.165, 1.54) is 14.2 Å². The fourth-order valence-corrected chi connectivity index (χ4v) is 2.72. The van der Waals surface area contributed by atoms with Crippen LogP contribution in [0.25, 0.3) is 0 Å². The number of ether oxygens (including phenoxy) is 2. The van der Waals surface area contributed by atoms with Crippen molar-refractivity contribution in [3.63, 3.8) is 0 Å². The van der Waals surface area contributed by atoms with Crippen LogP contribution in [0.15, 0.2) is 54.9 Å². The molecule has 160 valence electrons. The smallest absolute Gasteiger partial charge is 0.355 e. The predicted molar refractivity (Wildman–Crippen MR) is 113 cm³/mol. The Balaban J connectivity index is 1.80. The first kappa shape index (κ1) is 21.3. The van der Waals surface area contributed by atoms with Crippen LogP contribution in [-0.4, -0.2) is 35.0 Å². The Bertz CT molecular complexity index is 1080. The molecule has 31 heavy (non-hydrogen) atoms. The maximum absolute atomic E-state index is 12.2. The van der Waals surface area contributed by atoms with Crippen molar-refractivity contribution in [3.8, 4) is 11.5 Å². The molecule has 11 heteroatoms. The summed E-state index contributed by atoms with van der Waals surface area (Å²) in [5.41, 5.74) is 5.71. The molecule has 0 radical (unpaired) electrons. The van der Waals surface area contributed by atoms with E-state index in [0.717, 1.165) is 11.9 Å². The van der Waals surface area contributed by atoms with Crippen LogP contribution in [0, 0.1) is 10.1 Å². The van der Waals surface area contributed by atoms with Crippen LogP contribution in [0.1, 0.15) is 5.56 Å². The first-order valence-corrected chi connectivity index (χ1v) is 9.09. The van der Waals surface area contributed by atoms with Gasteiger partial charge >= 0.3 is 5.69 Å². The second-order valence-corrected chi connectivity index (χ2v) is 6.20. The van der Waals surface area contributed by atoms with E-state index in [9.17, 15) is 14.9 Å². The molecule has 0 aliphatic carbocycles. The Morgan fingerprint density at radius 2 is 1.81 bits per heavy atom. The number of carbonyl (C=O) groups is 1. The second kappa shape index (κ2) is 9.87. The summed E-state index contributed by atoms with van der Waals surface area (Å²) in [6.07, 6.45) is 1.23. The molecule has 0 bridgehead atoms. The predicted octanol–water partition coefficient (Wildman–Crippen LogP) is 2.83. The Morgan fingerprint density at radius 3 is 2.48 bits per heavy atom. The van der Waals surface area contributed by atoms with E-state index in [2.05, 4.69) is 26.1 Å². The number of rotatable bonds is 9. The van der Waals surface area contributed by atoms with Gasteiger partial charge in [0.1, 0.15) is 17.8 Å². The Kier molecular flexibility index (Phi) is 6.78. The van der Waals surface area contributed by atoms with Crippen molar-refractivity contribution in [2.24, 2.45) is 0 Å². The van der Waals surface area contributed by atoms with Crippen LogP contribution in [0.4, 0.5) is 23.0 Å². The van der Waals surface area contributed by atoms with E-state index < -0.39 is 10.6 Å². The number of hydrogen-bond donors (Lipinski definition) is 3. The molecule has 1 heterocycles. The number of benzene rings is 2. The lowest BCUT2D eigenvalue weighted by molar-refractivity contribution is -0.383. The molecule has 2 aromatic carbocycles. The maximum atomic E-state index is 12.2. The number of carbonyl (C=O) groups excluding carboxylic acids is 1. The van der Waals surface area contributed by atoms with Gasteiger partial charge in [0.15, 0.2) is 0 Å². The molecule has 1 aromatic heterocycles. The highest BCUT2D eigenvalue weighted by molar-refractivity contribution is 5.81. The number of methoxy groups -OCH3 is 2. The summed E-state index contributed by atoms with van der Waals surface area (Å²) >= 11 is 0. The van der Waals surface area contributed by atoms with Gasteiger partial charge in [0.05, 0.1) is 31.3 Å². The maximum Gasteiger partial charge on any atom is 0.355 e. The summed E-state index contributed by atoms with van der Waals surface area (Å²) in [6.45, 7) is 0. The van der Waals surface area contributed by atoms with Crippen LogP contribution < -0.4 is 25.6 Å². The first-order valence-electron chi connectivity index (χ1n) is 9.09. The van der Waals surface area contributed by atoms with Crippen LogP contribution in [0.3, 0.4) is 0 Å². The monoisotopic (exact) mass is 424 g/mol. The topological polar surface area (TPSA) is 141 Å². The molecular formula is C20H20N6O5. The minimum absolute atomic E-state index is 0.0803. The van der Waals surface area contributed by atoms with E-state index in [1.54, 1.807) is 30.3 Å². The average Bonchev–Trinajstić information content (AvgIpc) is 2.78. The molecule has 0 atom stereocenters. The fourth-order valence-electron chi connectivity index (χ4n) is 2.72. The third kappa shape index (κ3) is 5.35. The molecular weight excluding hydrogens is 404 g/mol. The van der Waals surface area contributed by atoms with Gasteiger partial charge < -0.3 is 14.8 Å². The molecule has 0 aliphatic heterocycles. The zero-order valence-corrected chi connectivity index (χ0v) is 16.8. The number of hydrazine groups is 1. The summed E-state index contributed by atoms with van der Waals surface area (Å²) in [5.74, 6) is 0.325. The van der Waals surface area contributed by atoms with Crippen molar-refractivity contribution in [2.45, 2.75) is 6.42 Å². The summed E-state index contributed by atoms with van der Waals surface area (Å²) in [5, 5.41) is 14.6. The number of hydrogen-bond acceptors (Lipinski definition) is 9. The van der Waals surface area contributed by atoms with Gasteiger partial charge in [0, 0.05) is 6.07 Å². The van der Waals surface area contributed by atoms with Crippen molar-refractivity contribution in [1.82, 2.24) is 15.4 Å². The van der Waals surface area contributed by atoms with Gasteiger partial charge in [-0.05, 0) is 17.7 Å². The van der Waals surface area contributed by atoms with Crippen LogP contribution in [-0.2, 0) is 11.2 Å². The SMILES string of the molecule is COc1ccc(Nc2ncnc(NNC(=O)Cc3ccccc3)c2[N+](=O)[O-])c(OC)c1. The molecule has 0 saturated carbocycles. The molecule has 0 saturated heterocycles. The molecule has 0 fully saturated rings. The Morgan fingerprint density at radius 1 is 1.06 bits per heavy atom. The van der Waals surface area contributed by atoms with Gasteiger partial charge in [-0.3, -0.25) is 25.8 Å². The Labute approximate surface area is 177 Å². The van der Waals surface area contributed by atoms with Crippen molar-refractivity contribution < 1.29 is 19.2 Å². The Hall–Kier alpha value is -4.41. The average molecular weight is 424 g/mol. The minimum Gasteiger partial charge on any atom is -0.497 e. The largest absolute Gasteiger partial charge is 0.497 e. The molecule has 3 N–H and O–H groups in total. The van der Waals surface area contributed by atoms with Gasteiger partial charge in [-0.25, -0.2) is 9.97 Å². The minimum atomic E-state index is -0.649. The third-order valence-electron chi connectivity index (χ3n) is 4.19. The second-order valence-electron chi connectivity index (χ2n) is 6.20. The standard InChI is InChI=1S/C20H20N6O5/c1-30-14-8-9-15(16(11-14)31-2)23-19-18(26(28)29)20(22-12-21-19)25-24-17(27)10-13-6-4-3-5-7-13/h3-9,11-12H,10H2,1-2H3,(H,24,27)(H2,21,22,23,25). The van der Waals surface area contributed by atoms with E-state index in [4.69, 9.17) is 9.47 Å². The molecule has 0 spiro atoms. The molecule has 0 aliphatic rings. The van der Waals surface area contributed by atoms with Crippen molar-refractivity contribution in [2.75, 3.05) is 25.0 Å². The highest BCUT2D eigenvalue weighted by Gasteiger charge is 2.24. The van der Waals surface area contributed by atoms with Crippen LogP contribution in [0.2, 0.25) is 0 Å². The number of anilines is 3. The summed E-state index contributed by atoms with van der Waals surface area (Å²) in [4.78, 5) is 31.1. The zero-order valence-electron chi connectivity index (χ0n) is 16.8. The lowest BCUT2D eigenvalue weighted by Gasteiger charge is -2.13. The van der Waals surface area contributed by atoms with Gasteiger partial charge in [-0.1, -0.05) is 30.3 Å². The lowest BCUT2D eigenvalue weighted by Crippen LogP contribution is -2.31. The van der Waals surface area contributed by atoms with Crippen LogP contribution >= 0.6 is 0 Å². The van der Waals surface area contributed by atoms with Crippen molar-refractivity contribution in [3.05, 3.63) is 70.5 Å². The van der Waals surface area contributed by atoms with Gasteiger partial charge in [-0.15, -0.1) is 0 Å². The summed E-state index contributed by atoms with van der Waals surface area (Å²) < 4.78 is 10.4. The molecule has 1 amide bonds. The van der Waals surface area contributed by atoms with Gasteiger partial charge in [-0.2, -0.15) is 0 Å². The van der Waals surface area contributed by atoms with Crippen molar-refractivity contribution in [1.29, 1.82) is 0 Å². The van der Waals surface area contributed by atoms with Crippen LogP contribution in [0.5, 0.6) is 11.5 Å². The van der Waals surface area contributed by atoms with E-state index in [-0.39, 0.29) is 24.0 Å². The van der Waals surface area contributed by atoms with E-state index >= 15 is 0 Å². The lowest BCUT2D eigenvalue weighted by atomic mass is 10.1. The van der Waals surface area contributed by atoms with Crippen molar-refractivity contribution >= 4 is 28.9 Å². The number of aromatic nitrogens is 2. The number of nitrogens with one attached hydrogen (secondary N) is 3. The molecule has 3 rings (SSSR count). The molecule has 11 nitrogen and oxygen atoms in total. The number of nitro groups is 1. The molecule has 0 unspecified atom stereocenters. The number of nitrogens with zero attached hydrogens (tertiary/aromatic N) is 3.